The molecule has 0 aromatic heterocycles. The minimum absolute atomic E-state index is 0.0194. The summed E-state index contributed by atoms with van der Waals surface area (Å²) in [7, 11) is 0. The van der Waals surface area contributed by atoms with E-state index in [-0.39, 0.29) is 30.3 Å². The Balaban J connectivity index is 1.19. The molecule has 9 nitrogen and oxygen atoms in total. The minimum atomic E-state index is -0.762. The van der Waals surface area contributed by atoms with E-state index in [2.05, 4.69) is 10.3 Å². The number of alkyl carbamates (subject to hydrolysis) is 1. The lowest BCUT2D eigenvalue weighted by molar-refractivity contribution is -0.0694. The summed E-state index contributed by atoms with van der Waals surface area (Å²) in [6, 6.07) is 9.06. The molecule has 9 heteroatoms. The Labute approximate surface area is 206 Å². The van der Waals surface area contributed by atoms with Gasteiger partial charge in [0, 0.05) is 13.2 Å². The second-order valence-electron chi connectivity index (χ2n) is 10.5. The first kappa shape index (κ1) is 23.9. The van der Waals surface area contributed by atoms with Crippen LogP contribution in [0.25, 0.3) is 0 Å². The predicted octanol–water partition coefficient (Wildman–Crippen LogP) is 3.77. The van der Waals surface area contributed by atoms with E-state index in [4.69, 9.17) is 19.9 Å². The van der Waals surface area contributed by atoms with Gasteiger partial charge in [-0.05, 0) is 75.2 Å². The first-order chi connectivity index (χ1) is 16.9. The molecule has 1 saturated heterocycles. The molecular formula is C26H36N4O5. The largest absolute Gasteiger partial charge is 0.443 e. The van der Waals surface area contributed by atoms with E-state index in [0.717, 1.165) is 49.5 Å². The van der Waals surface area contributed by atoms with Crippen LogP contribution in [0.1, 0.15) is 57.4 Å². The van der Waals surface area contributed by atoms with Crippen molar-refractivity contribution in [1.82, 2.24) is 10.2 Å². The summed E-state index contributed by atoms with van der Waals surface area (Å²) in [5, 5.41) is 3.04. The second-order valence-corrected chi connectivity index (χ2v) is 10.5. The SMILES string of the molecule is CCOC1C(NC(=O)OC23CC4CC(C2)C(C4)C3)CCCN1/C(N)=N/C(=O)OCc1ccccc1. The van der Waals surface area contributed by atoms with Gasteiger partial charge in [-0.2, -0.15) is 0 Å². The molecule has 4 aliphatic carbocycles. The normalized spacial score (nSPS) is 33.6. The summed E-state index contributed by atoms with van der Waals surface area (Å²) in [5.74, 6) is 2.17. The third-order valence-electron chi connectivity index (χ3n) is 8.09. The molecule has 4 unspecified atom stereocenters. The fourth-order valence-electron chi connectivity index (χ4n) is 6.88. The molecule has 35 heavy (non-hydrogen) atoms. The standard InChI is InChI=1S/C26H36N4O5/c1-2-33-22-21(28-25(32)35-26-13-18-11-19(14-26)20(12-18)15-26)9-6-10-30(22)23(27)29-24(31)34-16-17-7-4-3-5-8-17/h3-5,7-8,18-22H,2,6,9-16H2,1H3,(H,28,32)(H2,27,29,31). The predicted molar refractivity (Wildman–Crippen MR) is 129 cm³/mol. The van der Waals surface area contributed by atoms with Crippen LogP contribution in [0.2, 0.25) is 0 Å². The number of carbonyl (C=O) groups excluding carboxylic acids is 2. The maximum Gasteiger partial charge on any atom is 0.437 e. The Morgan fingerprint density at radius 3 is 2.60 bits per heavy atom. The molecule has 3 N–H and O–H groups in total. The number of ether oxygens (including phenoxy) is 3. The molecule has 5 fully saturated rings. The lowest BCUT2D eigenvalue weighted by Crippen LogP contribution is -2.60. The maximum absolute atomic E-state index is 13.0. The maximum atomic E-state index is 13.0. The van der Waals surface area contributed by atoms with Crippen LogP contribution in [-0.4, -0.2) is 54.1 Å². The summed E-state index contributed by atoms with van der Waals surface area (Å²) < 4.78 is 17.3. The van der Waals surface area contributed by atoms with Crippen LogP contribution < -0.4 is 11.1 Å². The number of nitrogens with two attached hydrogens (primary N) is 1. The Kier molecular flexibility index (Phi) is 6.86. The van der Waals surface area contributed by atoms with Gasteiger partial charge in [0.2, 0.25) is 5.96 Å². The van der Waals surface area contributed by atoms with Gasteiger partial charge in [-0.3, -0.25) is 0 Å². The van der Waals surface area contributed by atoms with Crippen LogP contribution in [-0.2, 0) is 20.8 Å². The first-order valence-corrected chi connectivity index (χ1v) is 12.9. The molecule has 2 amide bonds. The number of carbonyl (C=O) groups is 2. The Bertz CT molecular complexity index is 935. The van der Waals surface area contributed by atoms with E-state index in [1.54, 1.807) is 4.90 Å². The molecule has 4 bridgehead atoms. The van der Waals surface area contributed by atoms with Crippen molar-refractivity contribution in [2.24, 2.45) is 28.5 Å². The Morgan fingerprint density at radius 2 is 1.91 bits per heavy atom. The lowest BCUT2D eigenvalue weighted by atomic mass is 9.78. The molecule has 5 aliphatic rings. The smallest absolute Gasteiger partial charge is 0.437 e. The average molecular weight is 485 g/mol. The molecular weight excluding hydrogens is 448 g/mol. The van der Waals surface area contributed by atoms with Gasteiger partial charge in [0.1, 0.15) is 12.2 Å². The van der Waals surface area contributed by atoms with Crippen molar-refractivity contribution < 1.29 is 23.8 Å². The van der Waals surface area contributed by atoms with Crippen LogP contribution in [0.5, 0.6) is 0 Å². The lowest BCUT2D eigenvalue weighted by Gasteiger charge is -2.42. The van der Waals surface area contributed by atoms with Gasteiger partial charge in [0.15, 0.2) is 6.23 Å². The number of nitrogens with zero attached hydrogens (tertiary/aromatic N) is 2. The van der Waals surface area contributed by atoms with E-state index in [0.29, 0.717) is 19.1 Å². The Hall–Kier alpha value is -2.81. The molecule has 4 saturated carbocycles. The van der Waals surface area contributed by atoms with Crippen molar-refractivity contribution >= 4 is 18.1 Å². The number of piperidine rings is 1. The zero-order chi connectivity index (χ0) is 24.4. The minimum Gasteiger partial charge on any atom is -0.443 e. The van der Waals surface area contributed by atoms with Gasteiger partial charge in [0.05, 0.1) is 6.04 Å². The molecule has 1 heterocycles. The highest BCUT2D eigenvalue weighted by Crippen LogP contribution is 2.61. The zero-order valence-electron chi connectivity index (χ0n) is 20.4. The van der Waals surface area contributed by atoms with Gasteiger partial charge in [0.25, 0.3) is 0 Å². The van der Waals surface area contributed by atoms with Crippen molar-refractivity contribution in [2.75, 3.05) is 13.2 Å². The second kappa shape index (κ2) is 10.0. The number of amides is 2. The van der Waals surface area contributed by atoms with Crippen LogP contribution >= 0.6 is 0 Å². The summed E-state index contributed by atoms with van der Waals surface area (Å²) >= 11 is 0. The fraction of sp³-hybridized carbons (Fsp3) is 0.654. The van der Waals surface area contributed by atoms with Crippen LogP contribution in [0.4, 0.5) is 9.59 Å². The van der Waals surface area contributed by atoms with Crippen molar-refractivity contribution in [1.29, 1.82) is 0 Å². The van der Waals surface area contributed by atoms with Gasteiger partial charge in [-0.1, -0.05) is 30.3 Å². The number of hydrogen-bond acceptors (Lipinski definition) is 5. The number of rotatable bonds is 6. The summed E-state index contributed by atoms with van der Waals surface area (Å²) in [6.45, 7) is 2.99. The molecule has 1 aromatic carbocycles. The molecule has 190 valence electrons. The molecule has 1 aromatic rings. The monoisotopic (exact) mass is 484 g/mol. The average Bonchev–Trinajstić information content (AvgIpc) is 3.25. The highest BCUT2D eigenvalue weighted by molar-refractivity contribution is 5.89. The van der Waals surface area contributed by atoms with E-state index in [1.165, 1.54) is 12.8 Å². The van der Waals surface area contributed by atoms with Crippen LogP contribution in [0.3, 0.4) is 0 Å². The van der Waals surface area contributed by atoms with E-state index < -0.39 is 12.3 Å². The third kappa shape index (κ3) is 5.24. The van der Waals surface area contributed by atoms with Gasteiger partial charge >= 0.3 is 12.2 Å². The van der Waals surface area contributed by atoms with E-state index in [9.17, 15) is 9.59 Å². The third-order valence-corrected chi connectivity index (χ3v) is 8.09. The number of guanidine groups is 1. The Morgan fingerprint density at radius 1 is 1.17 bits per heavy atom. The van der Waals surface area contributed by atoms with Gasteiger partial charge < -0.3 is 30.2 Å². The quantitative estimate of drug-likeness (QED) is 0.466. The molecule has 0 radical (unpaired) electrons. The fourth-order valence-corrected chi connectivity index (χ4v) is 6.88. The van der Waals surface area contributed by atoms with Gasteiger partial charge in [-0.25, -0.2) is 9.59 Å². The van der Waals surface area contributed by atoms with Crippen molar-refractivity contribution in [2.45, 2.75) is 76.3 Å². The van der Waals surface area contributed by atoms with Crippen molar-refractivity contribution in [3.8, 4) is 0 Å². The summed E-state index contributed by atoms with van der Waals surface area (Å²) in [6.07, 6.45) is 5.38. The van der Waals surface area contributed by atoms with Crippen LogP contribution in [0.15, 0.2) is 35.3 Å². The first-order valence-electron chi connectivity index (χ1n) is 12.9. The van der Waals surface area contributed by atoms with E-state index >= 15 is 0 Å². The summed E-state index contributed by atoms with van der Waals surface area (Å²) in [4.78, 5) is 30.9. The number of likely N-dealkylation sites (tertiary alicyclic amines) is 1. The van der Waals surface area contributed by atoms with Gasteiger partial charge in [-0.15, -0.1) is 4.99 Å². The number of benzene rings is 1. The number of hydrogen-bond donors (Lipinski definition) is 2. The van der Waals surface area contributed by atoms with Crippen molar-refractivity contribution in [3.63, 3.8) is 0 Å². The van der Waals surface area contributed by atoms with E-state index in [1.807, 2.05) is 37.3 Å². The highest BCUT2D eigenvalue weighted by atomic mass is 16.6. The van der Waals surface area contributed by atoms with Crippen LogP contribution in [0, 0.1) is 17.8 Å². The molecule has 6 rings (SSSR count). The number of nitrogens with one attached hydrogen (secondary N) is 1. The molecule has 1 aliphatic heterocycles. The molecule has 0 spiro atoms. The summed E-state index contributed by atoms with van der Waals surface area (Å²) in [5.41, 5.74) is 6.77. The number of aliphatic imine (C=N–C) groups is 1. The highest BCUT2D eigenvalue weighted by Gasteiger charge is 2.58. The van der Waals surface area contributed by atoms with Crippen molar-refractivity contribution in [3.05, 3.63) is 35.9 Å². The molecule has 4 atom stereocenters. The topological polar surface area (TPSA) is 115 Å². The zero-order valence-corrected chi connectivity index (χ0v) is 20.4.